The van der Waals surface area contributed by atoms with Gasteiger partial charge < -0.3 is 0 Å². The Morgan fingerprint density at radius 3 is 2.47 bits per heavy atom. The second-order valence-electron chi connectivity index (χ2n) is 4.11. The Morgan fingerprint density at radius 2 is 1.59 bits per heavy atom. The Hall–Kier alpha value is -2.36. The van der Waals surface area contributed by atoms with Crippen molar-refractivity contribution >= 4 is 34.3 Å². The number of nitrogens with zero attached hydrogens (tertiary/aromatic N) is 4. The summed E-state index contributed by atoms with van der Waals surface area (Å²) >= 11 is 0. The van der Waals surface area contributed by atoms with Crippen molar-refractivity contribution in [3.05, 3.63) is 35.0 Å². The quantitative estimate of drug-likeness (QED) is 0.650. The Balaban J connectivity index is 2.25. The average Bonchev–Trinajstić information content (AvgIpc) is 2.92. The van der Waals surface area contributed by atoms with E-state index in [0.29, 0.717) is 0 Å². The summed E-state index contributed by atoms with van der Waals surface area (Å²) in [6, 6.07) is 8.06. The van der Waals surface area contributed by atoms with Crippen molar-refractivity contribution in [2.75, 3.05) is 0 Å². The minimum atomic E-state index is 0.807. The van der Waals surface area contributed by atoms with E-state index in [-0.39, 0.29) is 0 Å². The number of benzene rings is 2. The summed E-state index contributed by atoms with van der Waals surface area (Å²) in [5, 5.41) is 4.05. The van der Waals surface area contributed by atoms with Crippen LogP contribution >= 0.6 is 0 Å². The summed E-state index contributed by atoms with van der Waals surface area (Å²) in [6.07, 6.45) is 1.59. The lowest BCUT2D eigenvalue weighted by Gasteiger charge is -2.01. The number of hydrogen-bond donors (Lipinski definition) is 0. The van der Waals surface area contributed by atoms with Gasteiger partial charge >= 0.3 is 0 Å². The van der Waals surface area contributed by atoms with Crippen molar-refractivity contribution in [3.63, 3.8) is 0 Å². The largest absolute Gasteiger partial charge is 0.235 e. The molecule has 2 aliphatic rings. The summed E-state index contributed by atoms with van der Waals surface area (Å²) in [5.41, 5.74) is 1.88. The van der Waals surface area contributed by atoms with Gasteiger partial charge in [-0.05, 0) is 31.2 Å². The van der Waals surface area contributed by atoms with Gasteiger partial charge in [0.1, 0.15) is 12.2 Å². The van der Waals surface area contributed by atoms with E-state index in [1.165, 1.54) is 0 Å². The molecule has 2 aliphatic heterocycles. The highest BCUT2D eigenvalue weighted by molar-refractivity contribution is 6.03. The third-order valence-electron chi connectivity index (χ3n) is 3.04. The molecule has 2 aromatic carbocycles. The van der Waals surface area contributed by atoms with E-state index in [9.17, 15) is 0 Å². The molecule has 2 heterocycles. The Morgan fingerprint density at radius 1 is 0.824 bits per heavy atom. The van der Waals surface area contributed by atoms with Crippen LogP contribution in [0.15, 0.2) is 44.2 Å². The molecule has 0 atom stereocenters. The van der Waals surface area contributed by atoms with Crippen LogP contribution < -0.4 is 10.7 Å². The van der Waals surface area contributed by atoms with Gasteiger partial charge in [0, 0.05) is 10.8 Å². The van der Waals surface area contributed by atoms with E-state index >= 15 is 0 Å². The van der Waals surface area contributed by atoms with E-state index in [0.717, 1.165) is 38.7 Å². The van der Waals surface area contributed by atoms with Crippen LogP contribution in [0, 0.1) is 0 Å². The van der Waals surface area contributed by atoms with Crippen molar-refractivity contribution in [1.82, 2.24) is 0 Å². The van der Waals surface area contributed by atoms with Crippen molar-refractivity contribution in [2.45, 2.75) is 6.92 Å². The molecule has 0 saturated heterocycles. The number of aliphatic imine (C=N–C) groups is 2. The molecule has 0 radical (unpaired) electrons. The van der Waals surface area contributed by atoms with Gasteiger partial charge in [0.15, 0.2) is 0 Å². The maximum absolute atomic E-state index is 4.47. The molecule has 4 heteroatoms. The lowest BCUT2D eigenvalue weighted by atomic mass is 10.1. The molecular formula is C13H8N4. The van der Waals surface area contributed by atoms with E-state index < -0.39 is 0 Å². The zero-order valence-corrected chi connectivity index (χ0v) is 9.18. The minimum Gasteiger partial charge on any atom is -0.235 e. The molecule has 80 valence electrons. The van der Waals surface area contributed by atoms with Gasteiger partial charge in [-0.15, -0.1) is 0 Å². The van der Waals surface area contributed by atoms with Crippen LogP contribution in [0.25, 0.3) is 10.8 Å². The third-order valence-corrected chi connectivity index (χ3v) is 3.04. The highest BCUT2D eigenvalue weighted by atomic mass is 15.0. The monoisotopic (exact) mass is 220 g/mol. The first-order valence-corrected chi connectivity index (χ1v) is 5.43. The summed E-state index contributed by atoms with van der Waals surface area (Å²) in [6.45, 7) is 1.91. The smallest absolute Gasteiger partial charge is 0.126 e. The van der Waals surface area contributed by atoms with Crippen LogP contribution in [0.4, 0.5) is 11.4 Å². The molecule has 17 heavy (non-hydrogen) atoms. The lowest BCUT2D eigenvalue weighted by molar-refractivity contribution is 1.45. The Kier molecular flexibility index (Phi) is 1.47. The van der Waals surface area contributed by atoms with Gasteiger partial charge in [-0.2, -0.15) is 0 Å². The third kappa shape index (κ3) is 1.07. The second kappa shape index (κ2) is 2.85. The van der Waals surface area contributed by atoms with Crippen LogP contribution in [0.2, 0.25) is 0 Å². The summed E-state index contributed by atoms with van der Waals surface area (Å²) in [4.78, 5) is 17.4. The number of hydrogen-bond acceptors (Lipinski definition) is 4. The topological polar surface area (TPSA) is 49.4 Å². The van der Waals surface area contributed by atoms with Crippen molar-refractivity contribution < 1.29 is 0 Å². The average molecular weight is 220 g/mol. The second-order valence-corrected chi connectivity index (χ2v) is 4.11. The number of amidine groups is 1. The van der Waals surface area contributed by atoms with Gasteiger partial charge in [-0.1, -0.05) is 0 Å². The van der Waals surface area contributed by atoms with Gasteiger partial charge in [-0.25, -0.2) is 20.0 Å². The molecule has 0 saturated carbocycles. The molecule has 4 rings (SSSR count). The molecule has 0 aromatic heterocycles. The Bertz CT molecular complexity index is 844. The van der Waals surface area contributed by atoms with Crippen molar-refractivity contribution in [2.24, 2.45) is 20.0 Å². The predicted octanol–water partition coefficient (Wildman–Crippen LogP) is 1.82. The van der Waals surface area contributed by atoms with Crippen LogP contribution in [-0.2, 0) is 0 Å². The number of rotatable bonds is 0. The molecule has 2 aromatic rings. The molecule has 0 amide bonds. The molecule has 0 bridgehead atoms. The molecular weight excluding hydrogens is 212 g/mol. The standard InChI is InChI=1S/C13H8N4/c1-7-16-11-5-3-8-9(13(11)17-7)2-4-10-12(8)15-6-14-10/h2-6H,1H3. The van der Waals surface area contributed by atoms with Gasteiger partial charge in [0.2, 0.25) is 0 Å². The molecule has 0 N–H and O–H groups in total. The fourth-order valence-corrected chi connectivity index (χ4v) is 2.31. The highest BCUT2D eigenvalue weighted by Gasteiger charge is 2.13. The van der Waals surface area contributed by atoms with E-state index in [2.05, 4.69) is 20.0 Å². The molecule has 0 fully saturated rings. The SMILES string of the molecule is CC1=Nc2c(ccc3c4c(ccc23)=NC=N4)=N1. The maximum atomic E-state index is 4.47. The van der Waals surface area contributed by atoms with Gasteiger partial charge in [0.25, 0.3) is 0 Å². The summed E-state index contributed by atoms with van der Waals surface area (Å²) in [7, 11) is 0. The number of fused-ring (bicyclic) bond motifs is 5. The van der Waals surface area contributed by atoms with E-state index in [4.69, 9.17) is 0 Å². The van der Waals surface area contributed by atoms with E-state index in [1.54, 1.807) is 6.34 Å². The predicted molar refractivity (Wildman–Crippen MR) is 67.2 cm³/mol. The van der Waals surface area contributed by atoms with Crippen LogP contribution in [0.3, 0.4) is 0 Å². The van der Waals surface area contributed by atoms with Crippen molar-refractivity contribution in [3.8, 4) is 0 Å². The molecule has 0 unspecified atom stereocenters. The van der Waals surface area contributed by atoms with Gasteiger partial charge in [0.05, 0.1) is 22.1 Å². The van der Waals surface area contributed by atoms with Gasteiger partial charge in [-0.3, -0.25) is 0 Å². The first kappa shape index (κ1) is 8.75. The Labute approximate surface area is 96.8 Å². The highest BCUT2D eigenvalue weighted by Crippen LogP contribution is 2.29. The zero-order chi connectivity index (χ0) is 11.4. The van der Waals surface area contributed by atoms with Crippen molar-refractivity contribution in [1.29, 1.82) is 0 Å². The fourth-order valence-electron chi connectivity index (χ4n) is 2.31. The fraction of sp³-hybridized carbons (Fsp3) is 0.0769. The molecule has 0 aliphatic carbocycles. The van der Waals surface area contributed by atoms with Crippen LogP contribution in [0.5, 0.6) is 0 Å². The van der Waals surface area contributed by atoms with E-state index in [1.807, 2.05) is 31.2 Å². The van der Waals surface area contributed by atoms with Crippen LogP contribution in [0.1, 0.15) is 6.92 Å². The first-order valence-electron chi connectivity index (χ1n) is 5.43. The molecule has 0 spiro atoms. The summed E-state index contributed by atoms with van der Waals surface area (Å²) in [5.74, 6) is 0.807. The first-order chi connectivity index (χ1) is 8.33. The minimum absolute atomic E-state index is 0.807. The van der Waals surface area contributed by atoms with Crippen LogP contribution in [-0.4, -0.2) is 12.2 Å². The zero-order valence-electron chi connectivity index (χ0n) is 9.18. The maximum Gasteiger partial charge on any atom is 0.126 e. The normalized spacial score (nSPS) is 15.2. The molecule has 4 nitrogen and oxygen atoms in total. The lowest BCUT2D eigenvalue weighted by Crippen LogP contribution is -2.02. The summed E-state index contributed by atoms with van der Waals surface area (Å²) < 4.78 is 0.